The molecular weight excluding hydrogens is 785 g/mol. The van der Waals surface area contributed by atoms with Crippen LogP contribution in [0.15, 0.2) is 24.3 Å². The van der Waals surface area contributed by atoms with Crippen LogP contribution in [0.4, 0.5) is 0 Å². The first-order valence-electron chi connectivity index (χ1n) is 23.2. The van der Waals surface area contributed by atoms with Gasteiger partial charge in [-0.1, -0.05) is 0 Å². The topological polar surface area (TPSA) is 153 Å². The maximum atomic E-state index is 12.7. The van der Waals surface area contributed by atoms with Crippen LogP contribution in [-0.2, 0) is 28.5 Å². The summed E-state index contributed by atoms with van der Waals surface area (Å²) in [6.07, 6.45) is 7.90. The Labute approximate surface area is 374 Å². The van der Waals surface area contributed by atoms with Gasteiger partial charge < -0.3 is 40.2 Å². The molecule has 0 radical (unpaired) electrons. The van der Waals surface area contributed by atoms with E-state index in [1.807, 2.05) is 0 Å². The molecule has 4 saturated heterocycles. The smallest absolute Gasteiger partial charge is 0.338 e. The zero-order chi connectivity index (χ0) is 46.7. The van der Waals surface area contributed by atoms with E-state index in [0.29, 0.717) is 36.8 Å². The molecule has 5 rings (SSSR count). The normalized spacial score (nSPS) is 25.0. The summed E-state index contributed by atoms with van der Waals surface area (Å²) in [6.45, 7) is 34.1. The van der Waals surface area contributed by atoms with Crippen LogP contribution < -0.4 is 21.3 Å². The first-order valence-corrected chi connectivity index (χ1v) is 23.2. The minimum absolute atomic E-state index is 0.0474. The third-order valence-corrected chi connectivity index (χ3v) is 12.1. The van der Waals surface area contributed by atoms with Crippen molar-refractivity contribution >= 4 is 23.9 Å². The van der Waals surface area contributed by atoms with Crippen molar-refractivity contribution in [1.29, 1.82) is 0 Å². The summed E-state index contributed by atoms with van der Waals surface area (Å²) in [6, 6.07) is 6.58. The highest BCUT2D eigenvalue weighted by Crippen LogP contribution is 2.34. The fourth-order valence-corrected chi connectivity index (χ4v) is 11.5. The van der Waals surface area contributed by atoms with Crippen LogP contribution in [-0.4, -0.2) is 92.6 Å². The van der Waals surface area contributed by atoms with Gasteiger partial charge in [-0.05, 0) is 148 Å². The van der Waals surface area contributed by atoms with Gasteiger partial charge in [-0.3, -0.25) is 9.59 Å². The summed E-state index contributed by atoms with van der Waals surface area (Å²) in [5.74, 6) is -1.04. The Bertz CT molecular complexity index is 1540. The number of piperidine rings is 4. The number of carbonyl (C=O) groups excluding carboxylic acids is 4. The first-order chi connectivity index (χ1) is 28.1. The van der Waals surface area contributed by atoms with Gasteiger partial charge in [0, 0.05) is 109 Å². The number of hydrogen-bond donors (Lipinski definition) is 4. The van der Waals surface area contributed by atoms with Crippen LogP contribution in [0.25, 0.3) is 0 Å². The van der Waals surface area contributed by atoms with Crippen LogP contribution in [0.2, 0.25) is 0 Å². The second-order valence-electron chi connectivity index (χ2n) is 24.3. The van der Waals surface area contributed by atoms with E-state index in [0.717, 1.165) is 51.4 Å². The Morgan fingerprint density at radius 3 is 0.790 bits per heavy atom. The third kappa shape index (κ3) is 17.1. The first kappa shape index (κ1) is 51.6. The van der Waals surface area contributed by atoms with Gasteiger partial charge in [0.25, 0.3) is 0 Å². The molecule has 0 atom stereocenters. The second kappa shape index (κ2) is 19.2. The Morgan fingerprint density at radius 2 is 0.581 bits per heavy atom. The molecule has 4 aliphatic heterocycles. The Morgan fingerprint density at radius 1 is 0.387 bits per heavy atom. The molecule has 4 fully saturated rings. The fraction of sp³-hybridized carbons (Fsp3) is 0.800. The highest BCUT2D eigenvalue weighted by Gasteiger charge is 2.43. The highest BCUT2D eigenvalue weighted by atomic mass is 16.6. The number of carbonyl (C=O) groups is 4. The molecule has 0 saturated carbocycles. The number of benzene rings is 1. The van der Waals surface area contributed by atoms with Crippen molar-refractivity contribution in [3.05, 3.63) is 35.4 Å². The zero-order valence-electron chi connectivity index (χ0n) is 41.4. The lowest BCUT2D eigenvalue weighted by atomic mass is 9.81. The van der Waals surface area contributed by atoms with Gasteiger partial charge in [-0.25, -0.2) is 9.59 Å². The fourth-order valence-electron chi connectivity index (χ4n) is 11.5. The summed E-state index contributed by atoms with van der Waals surface area (Å²) in [7, 11) is 0. The van der Waals surface area contributed by atoms with Crippen molar-refractivity contribution in [1.82, 2.24) is 21.3 Å². The average molecular weight is 869 g/mol. The van der Waals surface area contributed by atoms with Crippen molar-refractivity contribution in [3.8, 4) is 0 Å². The Kier molecular flexibility index (Phi) is 16.0. The van der Waals surface area contributed by atoms with E-state index in [-0.39, 0.29) is 92.6 Å². The van der Waals surface area contributed by atoms with Crippen LogP contribution in [0.5, 0.6) is 0 Å². The molecule has 4 heterocycles. The minimum atomic E-state index is -0.356. The predicted molar refractivity (Wildman–Crippen MR) is 245 cm³/mol. The Balaban J connectivity index is 0.000000273. The van der Waals surface area contributed by atoms with Crippen molar-refractivity contribution in [3.63, 3.8) is 0 Å². The van der Waals surface area contributed by atoms with Gasteiger partial charge in [0.2, 0.25) is 0 Å². The van der Waals surface area contributed by atoms with E-state index in [1.54, 1.807) is 24.3 Å². The SMILES string of the molecule is CC1(C)CC(OC(=O)CCCCC(=O)OC2CC(C)(C)NC(C)(C)C2)CC(C)(C)N1.CC1(C)CC(OC(=O)c2ccc(C(=O)OC3CC(C)(C)NC(C)(C)C3)cc2)CC(C)(C)N1. The molecule has 0 amide bonds. The average Bonchev–Trinajstić information content (AvgIpc) is 3.01. The van der Waals surface area contributed by atoms with Crippen molar-refractivity contribution < 1.29 is 38.1 Å². The molecule has 352 valence electrons. The molecule has 1 aromatic rings. The van der Waals surface area contributed by atoms with Crippen molar-refractivity contribution in [2.45, 2.75) is 257 Å². The maximum Gasteiger partial charge on any atom is 0.338 e. The van der Waals surface area contributed by atoms with E-state index >= 15 is 0 Å². The summed E-state index contributed by atoms with van der Waals surface area (Å²) < 4.78 is 23.1. The van der Waals surface area contributed by atoms with Gasteiger partial charge in [-0.15, -0.1) is 0 Å². The van der Waals surface area contributed by atoms with Crippen LogP contribution >= 0.6 is 0 Å². The van der Waals surface area contributed by atoms with Gasteiger partial charge in [0.1, 0.15) is 24.4 Å². The summed E-state index contributed by atoms with van der Waals surface area (Å²) in [4.78, 5) is 50.0. The van der Waals surface area contributed by atoms with E-state index < -0.39 is 0 Å². The number of rotatable bonds is 11. The Hall–Kier alpha value is -3.06. The molecule has 0 unspecified atom stereocenters. The monoisotopic (exact) mass is 869 g/mol. The molecule has 4 N–H and O–H groups in total. The van der Waals surface area contributed by atoms with Gasteiger partial charge in [0.15, 0.2) is 0 Å². The minimum Gasteiger partial charge on any atom is -0.462 e. The predicted octanol–water partition coefficient (Wildman–Crippen LogP) is 8.87. The van der Waals surface area contributed by atoms with Crippen molar-refractivity contribution in [2.24, 2.45) is 0 Å². The number of ether oxygens (including phenoxy) is 4. The lowest BCUT2D eigenvalue weighted by Gasteiger charge is -2.46. The quantitative estimate of drug-likeness (QED) is 0.0955. The summed E-state index contributed by atoms with van der Waals surface area (Å²) in [5, 5.41) is 14.4. The molecule has 12 nitrogen and oxygen atoms in total. The number of unbranched alkanes of at least 4 members (excludes halogenated alkanes) is 1. The molecule has 0 aromatic heterocycles. The van der Waals surface area contributed by atoms with Gasteiger partial charge >= 0.3 is 23.9 Å². The van der Waals surface area contributed by atoms with E-state index in [9.17, 15) is 19.2 Å². The summed E-state index contributed by atoms with van der Waals surface area (Å²) >= 11 is 0. The van der Waals surface area contributed by atoms with Crippen LogP contribution in [0, 0.1) is 0 Å². The number of esters is 4. The highest BCUT2D eigenvalue weighted by molar-refractivity contribution is 5.93. The van der Waals surface area contributed by atoms with Gasteiger partial charge in [0.05, 0.1) is 11.1 Å². The number of hydrogen-bond acceptors (Lipinski definition) is 12. The van der Waals surface area contributed by atoms with Crippen LogP contribution in [0.3, 0.4) is 0 Å². The molecule has 62 heavy (non-hydrogen) atoms. The molecule has 0 spiro atoms. The lowest BCUT2D eigenvalue weighted by Crippen LogP contribution is -2.59. The summed E-state index contributed by atoms with van der Waals surface area (Å²) in [5.41, 5.74) is 0.302. The van der Waals surface area contributed by atoms with Crippen LogP contribution in [0.1, 0.15) is 209 Å². The largest absolute Gasteiger partial charge is 0.462 e. The lowest BCUT2D eigenvalue weighted by molar-refractivity contribution is -0.155. The van der Waals surface area contributed by atoms with E-state index in [4.69, 9.17) is 18.9 Å². The van der Waals surface area contributed by atoms with E-state index in [1.165, 1.54) is 0 Å². The standard InChI is InChI=1S/C26H40N2O4.C24H44N2O4/c1-23(2)13-19(14-24(3,4)27-23)31-21(29)17-9-11-18(12-10-17)22(30)32-20-15-25(5,6)28-26(7,8)16-20;1-21(2)13-17(14-22(3,4)25-21)29-19(27)11-9-10-12-20(28)30-18-15-23(5,6)26-24(7,8)16-18/h9-12,19-20,27-28H,13-16H2,1-8H3;17-18,25-26H,9-16H2,1-8H3. The molecule has 12 heteroatoms. The number of nitrogens with one attached hydrogen (secondary N) is 4. The second-order valence-corrected chi connectivity index (χ2v) is 24.3. The molecule has 1 aromatic carbocycles. The van der Waals surface area contributed by atoms with Crippen molar-refractivity contribution in [2.75, 3.05) is 0 Å². The molecular formula is C50H84N4O8. The molecule has 0 aliphatic carbocycles. The van der Waals surface area contributed by atoms with Gasteiger partial charge in [-0.2, -0.15) is 0 Å². The maximum absolute atomic E-state index is 12.7. The zero-order valence-corrected chi connectivity index (χ0v) is 41.4. The van der Waals surface area contributed by atoms with E-state index in [2.05, 4.69) is 132 Å². The molecule has 4 aliphatic rings. The third-order valence-electron chi connectivity index (χ3n) is 12.1. The molecule has 0 bridgehead atoms.